The summed E-state index contributed by atoms with van der Waals surface area (Å²) in [4.78, 5) is 0. The van der Waals surface area contributed by atoms with Crippen LogP contribution in [0.3, 0.4) is 0 Å². The molecule has 4 nitrogen and oxygen atoms in total. The van der Waals surface area contributed by atoms with Crippen molar-refractivity contribution in [1.29, 1.82) is 0 Å². The molecule has 0 unspecified atom stereocenters. The normalized spacial score (nSPS) is 34.9. The van der Waals surface area contributed by atoms with Crippen molar-refractivity contribution in [2.75, 3.05) is 26.4 Å². The van der Waals surface area contributed by atoms with Crippen LogP contribution in [0.25, 0.3) is 0 Å². The second kappa shape index (κ2) is 3.69. The Balaban J connectivity index is 1.95. The van der Waals surface area contributed by atoms with Gasteiger partial charge in [-0.3, -0.25) is 0 Å². The molecule has 0 saturated carbocycles. The van der Waals surface area contributed by atoms with E-state index in [0.29, 0.717) is 26.4 Å². The Kier molecular flexibility index (Phi) is 2.91. The Hall–Kier alpha value is 0.359. The Morgan fingerprint density at radius 1 is 0.667 bits per heavy atom. The minimum absolute atomic E-state index is 0.0717. The van der Waals surface area contributed by atoms with Crippen LogP contribution in [-0.2, 0) is 15.3 Å². The molecule has 1 spiro atoms. The topological polar surface area (TPSA) is 36.9 Å². The van der Waals surface area contributed by atoms with Crippen molar-refractivity contribution >= 4 is 14.2 Å². The SMILES string of the molecule is CC1(C)CO[Se]2(OC1)OCC(C)(C)CO2. The minimum atomic E-state index is -2.94. The molecule has 2 saturated heterocycles. The quantitative estimate of drug-likeness (QED) is 0.632. The number of rotatable bonds is 0. The van der Waals surface area contributed by atoms with Gasteiger partial charge < -0.3 is 0 Å². The van der Waals surface area contributed by atoms with Crippen LogP contribution in [0, 0.1) is 10.8 Å². The fourth-order valence-electron chi connectivity index (χ4n) is 1.21. The Morgan fingerprint density at radius 3 is 1.20 bits per heavy atom. The average Bonchev–Trinajstić information content (AvgIpc) is 2.15. The van der Waals surface area contributed by atoms with Crippen molar-refractivity contribution in [2.24, 2.45) is 10.8 Å². The van der Waals surface area contributed by atoms with Crippen molar-refractivity contribution in [1.82, 2.24) is 0 Å². The van der Waals surface area contributed by atoms with Gasteiger partial charge in [0.05, 0.1) is 0 Å². The Morgan fingerprint density at radius 2 is 0.933 bits per heavy atom. The second-order valence-corrected chi connectivity index (χ2v) is 9.48. The summed E-state index contributed by atoms with van der Waals surface area (Å²) in [5, 5.41) is 0. The van der Waals surface area contributed by atoms with Crippen LogP contribution in [0.5, 0.6) is 0 Å². The molecule has 90 valence electrons. The van der Waals surface area contributed by atoms with Crippen molar-refractivity contribution in [2.45, 2.75) is 27.7 Å². The molecule has 0 radical (unpaired) electrons. The monoisotopic (exact) mass is 284 g/mol. The summed E-state index contributed by atoms with van der Waals surface area (Å²) in [7, 11) is 0. The van der Waals surface area contributed by atoms with Gasteiger partial charge in [-0.1, -0.05) is 0 Å². The molecule has 0 aromatic carbocycles. The van der Waals surface area contributed by atoms with E-state index >= 15 is 0 Å². The fourth-order valence-corrected chi connectivity index (χ4v) is 5.96. The molecule has 0 aromatic heterocycles. The van der Waals surface area contributed by atoms with Crippen LogP contribution in [0.4, 0.5) is 0 Å². The average molecular weight is 283 g/mol. The fraction of sp³-hybridized carbons (Fsp3) is 1.00. The number of hydrogen-bond donors (Lipinski definition) is 0. The van der Waals surface area contributed by atoms with Gasteiger partial charge in [-0.15, -0.1) is 0 Å². The van der Waals surface area contributed by atoms with Gasteiger partial charge in [-0.05, 0) is 0 Å². The van der Waals surface area contributed by atoms with E-state index in [1.807, 2.05) is 0 Å². The Labute approximate surface area is 94.7 Å². The summed E-state index contributed by atoms with van der Waals surface area (Å²) in [5.74, 6) is 0. The maximum absolute atomic E-state index is 5.70. The zero-order valence-electron chi connectivity index (χ0n) is 9.87. The summed E-state index contributed by atoms with van der Waals surface area (Å²) >= 11 is -2.94. The zero-order valence-corrected chi connectivity index (χ0v) is 11.6. The Bertz CT molecular complexity index is 202. The van der Waals surface area contributed by atoms with Gasteiger partial charge in [0.2, 0.25) is 0 Å². The number of hydrogen-bond acceptors (Lipinski definition) is 4. The summed E-state index contributed by atoms with van der Waals surface area (Å²) in [5.41, 5.74) is 0.143. The molecule has 0 aromatic rings. The van der Waals surface area contributed by atoms with E-state index in [4.69, 9.17) is 15.3 Å². The molecular formula is C10H20O4Se. The summed E-state index contributed by atoms with van der Waals surface area (Å²) in [6.07, 6.45) is 0. The third-order valence-corrected chi connectivity index (χ3v) is 5.79. The molecule has 15 heavy (non-hydrogen) atoms. The van der Waals surface area contributed by atoms with Gasteiger partial charge in [0.25, 0.3) is 0 Å². The first-order valence-electron chi connectivity index (χ1n) is 5.24. The van der Waals surface area contributed by atoms with E-state index in [1.54, 1.807) is 0 Å². The molecule has 2 fully saturated rings. The predicted molar refractivity (Wildman–Crippen MR) is 57.1 cm³/mol. The molecular weight excluding hydrogens is 263 g/mol. The molecule has 2 heterocycles. The van der Waals surface area contributed by atoms with E-state index < -0.39 is 14.2 Å². The van der Waals surface area contributed by atoms with E-state index in [0.717, 1.165) is 0 Å². The molecule has 0 atom stereocenters. The second-order valence-electron chi connectivity index (χ2n) is 5.79. The molecule has 0 N–H and O–H groups in total. The van der Waals surface area contributed by atoms with Gasteiger partial charge in [-0.2, -0.15) is 0 Å². The van der Waals surface area contributed by atoms with Gasteiger partial charge in [0.1, 0.15) is 0 Å². The van der Waals surface area contributed by atoms with Crippen molar-refractivity contribution < 1.29 is 15.3 Å². The zero-order chi connectivity index (χ0) is 11.2. The molecule has 0 bridgehead atoms. The molecule has 2 aliphatic heterocycles. The first-order valence-corrected chi connectivity index (χ1v) is 8.03. The van der Waals surface area contributed by atoms with Gasteiger partial charge in [0, 0.05) is 0 Å². The van der Waals surface area contributed by atoms with Crippen LogP contribution in [0.1, 0.15) is 27.7 Å². The first kappa shape index (κ1) is 11.8. The summed E-state index contributed by atoms with van der Waals surface area (Å²) in [6, 6.07) is 0. The molecule has 0 aliphatic carbocycles. The van der Waals surface area contributed by atoms with E-state index in [-0.39, 0.29) is 10.8 Å². The predicted octanol–water partition coefficient (Wildman–Crippen LogP) is 1.57. The standard InChI is InChI=1S/C10H20O4Se/c1-9(2)5-11-15(12-6-9)13-7-10(3,4)8-14-15/h5-8H2,1-4H3. The van der Waals surface area contributed by atoms with Crippen LogP contribution < -0.4 is 0 Å². The van der Waals surface area contributed by atoms with Crippen LogP contribution in [0.2, 0.25) is 0 Å². The summed E-state index contributed by atoms with van der Waals surface area (Å²) < 4.78 is 22.8. The first-order chi connectivity index (χ1) is 6.83. The van der Waals surface area contributed by atoms with E-state index in [2.05, 4.69) is 27.7 Å². The van der Waals surface area contributed by atoms with E-state index in [1.165, 1.54) is 0 Å². The van der Waals surface area contributed by atoms with E-state index in [9.17, 15) is 0 Å². The molecule has 0 amide bonds. The van der Waals surface area contributed by atoms with Crippen LogP contribution in [0.15, 0.2) is 0 Å². The van der Waals surface area contributed by atoms with Gasteiger partial charge in [-0.25, -0.2) is 0 Å². The molecule has 2 rings (SSSR count). The third kappa shape index (κ3) is 2.73. The summed E-state index contributed by atoms with van der Waals surface area (Å²) in [6.45, 7) is 11.1. The van der Waals surface area contributed by atoms with Gasteiger partial charge >= 0.3 is 94.4 Å². The molecule has 5 heteroatoms. The van der Waals surface area contributed by atoms with Gasteiger partial charge in [0.15, 0.2) is 0 Å². The van der Waals surface area contributed by atoms with Crippen molar-refractivity contribution in [3.63, 3.8) is 0 Å². The molecule has 2 aliphatic rings. The third-order valence-electron chi connectivity index (χ3n) is 2.38. The maximum atomic E-state index is 5.70. The van der Waals surface area contributed by atoms with Crippen molar-refractivity contribution in [3.05, 3.63) is 0 Å². The van der Waals surface area contributed by atoms with Crippen molar-refractivity contribution in [3.8, 4) is 0 Å². The van der Waals surface area contributed by atoms with Crippen LogP contribution >= 0.6 is 0 Å². The van der Waals surface area contributed by atoms with Crippen LogP contribution in [-0.4, -0.2) is 40.6 Å².